The minimum absolute atomic E-state index is 0.0396. The molecule has 250 valence electrons. The monoisotopic (exact) mass is 669 g/mol. The number of hydrogen-bond donors (Lipinski definition) is 0. The summed E-state index contributed by atoms with van der Waals surface area (Å²) in [4.78, 5) is 7.09. The molecule has 0 radical (unpaired) electrons. The summed E-state index contributed by atoms with van der Waals surface area (Å²) in [6, 6.07) is 7.70. The van der Waals surface area contributed by atoms with Crippen molar-refractivity contribution in [1.29, 1.82) is 0 Å². The molecule has 1 saturated carbocycles. The van der Waals surface area contributed by atoms with E-state index in [1.165, 1.54) is 32.8 Å². The molecule has 0 amide bonds. The van der Waals surface area contributed by atoms with Gasteiger partial charge in [0.2, 0.25) is 0 Å². The third-order valence-corrected chi connectivity index (χ3v) is 10.4. The fraction of sp³-hybridized carbons (Fsp3) is 0.424. The Hall–Kier alpha value is -4.30. The lowest BCUT2D eigenvalue weighted by Crippen LogP contribution is -2.32. The second-order valence-corrected chi connectivity index (χ2v) is 13.4. The minimum Gasteiger partial charge on any atom is -0.497 e. The fourth-order valence-corrected chi connectivity index (χ4v) is 7.65. The summed E-state index contributed by atoms with van der Waals surface area (Å²) < 4.78 is 85.0. The summed E-state index contributed by atoms with van der Waals surface area (Å²) in [5, 5.41) is 4.53. The highest BCUT2D eigenvalue weighted by molar-refractivity contribution is 7.92. The topological polar surface area (TPSA) is 118 Å². The standard InChI is InChI=1S/C33H37F2N5O6S/c1-43-24-11-10-22(29(15-24)44-2)20-40(32-12-13-36-21-37-32)47(41,42)31-17-26(34)30(16-27(31)35)46-28-8-4-3-7-25(28)23-18-38-39(19-23)33-9-5-6-14-45-33/h10-13,15-19,21,25,28,33H,3-9,14,20H2,1-2H3/t25-,28+,33?/m1/s1. The molecule has 1 aliphatic heterocycles. The van der Waals surface area contributed by atoms with Gasteiger partial charge in [0.1, 0.15) is 46.7 Å². The van der Waals surface area contributed by atoms with Gasteiger partial charge >= 0.3 is 0 Å². The Morgan fingerprint density at radius 3 is 2.55 bits per heavy atom. The molecule has 2 fully saturated rings. The molecule has 14 heteroatoms. The second-order valence-electron chi connectivity index (χ2n) is 11.6. The first-order chi connectivity index (χ1) is 22.8. The van der Waals surface area contributed by atoms with Crippen LogP contribution >= 0.6 is 0 Å². The van der Waals surface area contributed by atoms with Crippen LogP contribution in [0.2, 0.25) is 0 Å². The smallest absolute Gasteiger partial charge is 0.268 e. The van der Waals surface area contributed by atoms with Crippen LogP contribution in [0, 0.1) is 11.6 Å². The van der Waals surface area contributed by atoms with E-state index in [2.05, 4.69) is 15.1 Å². The van der Waals surface area contributed by atoms with Gasteiger partial charge in [-0.15, -0.1) is 0 Å². The van der Waals surface area contributed by atoms with Crippen molar-refractivity contribution in [3.8, 4) is 17.2 Å². The molecule has 2 aromatic carbocycles. The van der Waals surface area contributed by atoms with Crippen LogP contribution in [-0.2, 0) is 21.3 Å². The molecule has 1 saturated heterocycles. The van der Waals surface area contributed by atoms with E-state index in [1.807, 2.05) is 10.9 Å². The van der Waals surface area contributed by atoms with E-state index in [4.69, 9.17) is 18.9 Å². The van der Waals surface area contributed by atoms with Crippen molar-refractivity contribution in [3.05, 3.63) is 84.1 Å². The average molecular weight is 670 g/mol. The van der Waals surface area contributed by atoms with E-state index in [-0.39, 0.29) is 30.3 Å². The number of hydrogen-bond acceptors (Lipinski definition) is 9. The van der Waals surface area contributed by atoms with Gasteiger partial charge in [0.15, 0.2) is 11.6 Å². The van der Waals surface area contributed by atoms with Crippen LogP contribution in [-0.4, -0.2) is 55.1 Å². The van der Waals surface area contributed by atoms with E-state index in [9.17, 15) is 8.42 Å². The fourth-order valence-electron chi connectivity index (χ4n) is 6.19. The van der Waals surface area contributed by atoms with Gasteiger partial charge in [-0.25, -0.2) is 36.2 Å². The van der Waals surface area contributed by atoms with Crippen LogP contribution in [0.25, 0.3) is 0 Å². The molecule has 0 spiro atoms. The summed E-state index contributed by atoms with van der Waals surface area (Å²) in [7, 11) is -1.77. The Kier molecular flexibility index (Phi) is 9.87. The van der Waals surface area contributed by atoms with Crippen LogP contribution in [0.5, 0.6) is 17.2 Å². The number of ether oxygens (including phenoxy) is 4. The maximum atomic E-state index is 15.8. The number of methoxy groups -OCH3 is 2. The molecule has 1 unspecified atom stereocenters. The largest absolute Gasteiger partial charge is 0.497 e. The molecule has 47 heavy (non-hydrogen) atoms. The molecular formula is C33H37F2N5O6S. The van der Waals surface area contributed by atoms with Crippen molar-refractivity contribution in [1.82, 2.24) is 19.7 Å². The Balaban J connectivity index is 1.28. The van der Waals surface area contributed by atoms with E-state index < -0.39 is 32.7 Å². The van der Waals surface area contributed by atoms with Crippen LogP contribution in [0.15, 0.2) is 66.2 Å². The van der Waals surface area contributed by atoms with E-state index >= 15 is 8.78 Å². The summed E-state index contributed by atoms with van der Waals surface area (Å²) in [6.07, 6.45) is 11.9. The molecule has 3 atom stereocenters. The predicted octanol–water partition coefficient (Wildman–Crippen LogP) is 6.17. The number of anilines is 1. The van der Waals surface area contributed by atoms with Gasteiger partial charge in [0, 0.05) is 54.7 Å². The third-order valence-electron chi connectivity index (χ3n) is 8.67. The summed E-state index contributed by atoms with van der Waals surface area (Å²) in [5.41, 5.74) is 1.39. The average Bonchev–Trinajstić information content (AvgIpc) is 3.60. The number of sulfonamides is 1. The number of aromatic nitrogens is 4. The SMILES string of the molecule is COc1ccc(CN(c2ccncn2)S(=O)(=O)c2cc(F)c(O[C@H]3CCCC[C@@H]3c3cnn(C4CCCCO4)c3)cc2F)c(OC)c1. The number of rotatable bonds is 11. The summed E-state index contributed by atoms with van der Waals surface area (Å²) >= 11 is 0. The molecule has 1 aliphatic carbocycles. The highest BCUT2D eigenvalue weighted by Crippen LogP contribution is 2.38. The van der Waals surface area contributed by atoms with E-state index in [0.29, 0.717) is 36.2 Å². The van der Waals surface area contributed by atoms with Gasteiger partial charge in [0.05, 0.1) is 27.0 Å². The molecule has 0 bridgehead atoms. The maximum absolute atomic E-state index is 15.8. The Morgan fingerprint density at radius 1 is 0.979 bits per heavy atom. The molecule has 6 rings (SSSR count). The molecule has 11 nitrogen and oxygen atoms in total. The summed E-state index contributed by atoms with van der Waals surface area (Å²) in [6.45, 7) is 0.396. The third kappa shape index (κ3) is 7.03. The molecule has 4 aromatic rings. The van der Waals surface area contributed by atoms with Crippen molar-refractivity contribution in [3.63, 3.8) is 0 Å². The molecular weight excluding hydrogens is 632 g/mol. The van der Waals surface area contributed by atoms with Crippen molar-refractivity contribution in [2.24, 2.45) is 0 Å². The minimum atomic E-state index is -4.69. The van der Waals surface area contributed by atoms with Crippen LogP contribution in [0.3, 0.4) is 0 Å². The van der Waals surface area contributed by atoms with E-state index in [0.717, 1.165) is 54.5 Å². The van der Waals surface area contributed by atoms with Crippen molar-refractivity contribution < 1.29 is 36.1 Å². The zero-order valence-corrected chi connectivity index (χ0v) is 27.0. The van der Waals surface area contributed by atoms with Gasteiger partial charge in [-0.3, -0.25) is 0 Å². The van der Waals surface area contributed by atoms with Crippen LogP contribution < -0.4 is 18.5 Å². The zero-order valence-electron chi connectivity index (χ0n) is 26.2. The van der Waals surface area contributed by atoms with Crippen molar-refractivity contribution >= 4 is 15.8 Å². The lowest BCUT2D eigenvalue weighted by molar-refractivity contribution is -0.0395. The molecule has 2 aromatic heterocycles. The number of nitrogens with zero attached hydrogens (tertiary/aromatic N) is 5. The first-order valence-electron chi connectivity index (χ1n) is 15.6. The first-order valence-corrected chi connectivity index (χ1v) is 17.0. The van der Waals surface area contributed by atoms with E-state index in [1.54, 1.807) is 24.4 Å². The predicted molar refractivity (Wildman–Crippen MR) is 168 cm³/mol. The Morgan fingerprint density at radius 2 is 1.81 bits per heavy atom. The Labute approximate surface area is 272 Å². The van der Waals surface area contributed by atoms with Gasteiger partial charge < -0.3 is 18.9 Å². The maximum Gasteiger partial charge on any atom is 0.268 e. The number of halogens is 2. The normalized spacial score (nSPS) is 20.0. The lowest BCUT2D eigenvalue weighted by atomic mass is 9.83. The zero-order chi connectivity index (χ0) is 33.0. The summed E-state index contributed by atoms with van der Waals surface area (Å²) in [5.74, 6) is -1.80. The molecule has 3 heterocycles. The van der Waals surface area contributed by atoms with Gasteiger partial charge in [0.25, 0.3) is 10.0 Å². The lowest BCUT2D eigenvalue weighted by Gasteiger charge is -2.31. The van der Waals surface area contributed by atoms with Gasteiger partial charge in [-0.1, -0.05) is 6.42 Å². The van der Waals surface area contributed by atoms with Crippen molar-refractivity contribution in [2.75, 3.05) is 25.1 Å². The number of benzene rings is 2. The van der Waals surface area contributed by atoms with Crippen molar-refractivity contribution in [2.45, 2.75) is 74.6 Å². The molecule has 0 N–H and O–H groups in total. The Bertz CT molecular complexity index is 1790. The first kappa shape index (κ1) is 32.6. The van der Waals surface area contributed by atoms with Gasteiger partial charge in [-0.2, -0.15) is 5.10 Å². The highest BCUT2D eigenvalue weighted by atomic mass is 32.2. The van der Waals surface area contributed by atoms with Crippen LogP contribution in [0.1, 0.15) is 68.2 Å². The second kappa shape index (κ2) is 14.2. The van der Waals surface area contributed by atoms with Crippen LogP contribution in [0.4, 0.5) is 14.6 Å². The molecule has 2 aliphatic rings. The quantitative estimate of drug-likeness (QED) is 0.185. The van der Waals surface area contributed by atoms with Gasteiger partial charge in [-0.05, 0) is 56.2 Å². The highest BCUT2D eigenvalue weighted by Gasteiger charge is 2.34.